The van der Waals surface area contributed by atoms with Crippen molar-refractivity contribution in [2.45, 2.75) is 38.6 Å². The Morgan fingerprint density at radius 1 is 1.35 bits per heavy atom. The quantitative estimate of drug-likeness (QED) is 0.868. The fourth-order valence-electron chi connectivity index (χ4n) is 2.19. The predicted octanol–water partition coefficient (Wildman–Crippen LogP) is 2.02. The number of benzene rings is 1. The molecule has 0 spiro atoms. The van der Waals surface area contributed by atoms with E-state index in [0.29, 0.717) is 13.2 Å². The van der Waals surface area contributed by atoms with E-state index >= 15 is 0 Å². The maximum atomic E-state index is 5.92. The van der Waals surface area contributed by atoms with Gasteiger partial charge in [0, 0.05) is 6.42 Å². The van der Waals surface area contributed by atoms with Gasteiger partial charge in [0.15, 0.2) is 5.79 Å². The maximum Gasteiger partial charge on any atom is 0.170 e. The number of hydrogen-bond donors (Lipinski definition) is 1. The first-order valence-electron chi connectivity index (χ1n) is 6.19. The second-order valence-corrected chi connectivity index (χ2v) is 4.92. The molecule has 0 aromatic heterocycles. The van der Waals surface area contributed by atoms with Crippen LogP contribution in [0.2, 0.25) is 0 Å². The number of rotatable bonds is 4. The highest BCUT2D eigenvalue weighted by Gasteiger charge is 2.36. The van der Waals surface area contributed by atoms with E-state index in [1.54, 1.807) is 0 Å². The predicted molar refractivity (Wildman–Crippen MR) is 67.8 cm³/mol. The Hall–Kier alpha value is -0.900. The molecular formula is C14H21NO2. The summed E-state index contributed by atoms with van der Waals surface area (Å²) in [4.78, 5) is 0. The van der Waals surface area contributed by atoms with Crippen molar-refractivity contribution < 1.29 is 9.47 Å². The van der Waals surface area contributed by atoms with Crippen LogP contribution in [0.25, 0.3) is 0 Å². The summed E-state index contributed by atoms with van der Waals surface area (Å²) in [5.41, 5.74) is 8.04. The minimum atomic E-state index is -0.491. The molecular weight excluding hydrogens is 214 g/mol. The lowest BCUT2D eigenvalue weighted by Gasteiger charge is -2.23. The van der Waals surface area contributed by atoms with Crippen LogP contribution in [0.5, 0.6) is 0 Å². The third-order valence-corrected chi connectivity index (χ3v) is 3.12. The van der Waals surface area contributed by atoms with Crippen molar-refractivity contribution in [3.63, 3.8) is 0 Å². The van der Waals surface area contributed by atoms with Gasteiger partial charge in [-0.15, -0.1) is 0 Å². The molecule has 1 heterocycles. The van der Waals surface area contributed by atoms with Crippen molar-refractivity contribution >= 4 is 0 Å². The van der Waals surface area contributed by atoms with Crippen molar-refractivity contribution in [3.8, 4) is 0 Å². The van der Waals surface area contributed by atoms with Gasteiger partial charge >= 0.3 is 0 Å². The van der Waals surface area contributed by atoms with E-state index in [4.69, 9.17) is 15.2 Å². The molecule has 1 aliphatic rings. The van der Waals surface area contributed by atoms with Crippen LogP contribution < -0.4 is 5.73 Å². The van der Waals surface area contributed by atoms with Gasteiger partial charge in [-0.1, -0.05) is 29.8 Å². The van der Waals surface area contributed by atoms with Gasteiger partial charge in [0.05, 0.1) is 12.7 Å². The summed E-state index contributed by atoms with van der Waals surface area (Å²) < 4.78 is 11.7. The van der Waals surface area contributed by atoms with Crippen LogP contribution >= 0.6 is 0 Å². The molecule has 0 bridgehead atoms. The Kier molecular flexibility index (Phi) is 3.82. The molecule has 2 N–H and O–H groups in total. The lowest BCUT2D eigenvalue weighted by atomic mass is 10.0. The van der Waals surface area contributed by atoms with E-state index in [-0.39, 0.29) is 6.10 Å². The Morgan fingerprint density at radius 2 is 2.06 bits per heavy atom. The molecule has 1 saturated heterocycles. The summed E-state index contributed by atoms with van der Waals surface area (Å²) in [6.07, 6.45) is 1.80. The lowest BCUT2D eigenvalue weighted by Crippen LogP contribution is -2.30. The average molecular weight is 235 g/mol. The summed E-state index contributed by atoms with van der Waals surface area (Å²) in [6, 6.07) is 8.49. The van der Waals surface area contributed by atoms with Gasteiger partial charge in [0.2, 0.25) is 0 Å². The molecule has 3 nitrogen and oxygen atoms in total. The molecule has 2 atom stereocenters. The van der Waals surface area contributed by atoms with Crippen molar-refractivity contribution in [2.75, 3.05) is 13.2 Å². The fraction of sp³-hybridized carbons (Fsp3) is 0.571. The van der Waals surface area contributed by atoms with Gasteiger partial charge in [0.25, 0.3) is 0 Å². The second kappa shape index (κ2) is 5.17. The molecule has 2 rings (SSSR count). The zero-order valence-electron chi connectivity index (χ0n) is 10.6. The molecule has 1 aromatic carbocycles. The average Bonchev–Trinajstić information content (AvgIpc) is 2.64. The molecule has 94 valence electrons. The SMILES string of the molecule is Cc1ccc(CC2(C)OCC(CCN)O2)cc1. The van der Waals surface area contributed by atoms with Crippen molar-refractivity contribution in [3.05, 3.63) is 35.4 Å². The normalized spacial score (nSPS) is 28.5. The maximum absolute atomic E-state index is 5.92. The van der Waals surface area contributed by atoms with Crippen LogP contribution in [0.1, 0.15) is 24.5 Å². The second-order valence-electron chi connectivity index (χ2n) is 4.92. The molecule has 1 aliphatic heterocycles. The van der Waals surface area contributed by atoms with Gasteiger partial charge in [-0.3, -0.25) is 0 Å². The van der Waals surface area contributed by atoms with E-state index in [1.807, 2.05) is 6.92 Å². The van der Waals surface area contributed by atoms with Gasteiger partial charge in [-0.2, -0.15) is 0 Å². The number of ether oxygens (including phenoxy) is 2. The molecule has 17 heavy (non-hydrogen) atoms. The van der Waals surface area contributed by atoms with Crippen LogP contribution in [0, 0.1) is 6.92 Å². The summed E-state index contributed by atoms with van der Waals surface area (Å²) >= 11 is 0. The highest BCUT2D eigenvalue weighted by molar-refractivity contribution is 5.22. The van der Waals surface area contributed by atoms with E-state index in [9.17, 15) is 0 Å². The Labute approximate surface area is 103 Å². The first kappa shape index (κ1) is 12.6. The summed E-state index contributed by atoms with van der Waals surface area (Å²) in [5, 5.41) is 0. The first-order valence-corrected chi connectivity index (χ1v) is 6.19. The standard InChI is InChI=1S/C14H21NO2/c1-11-3-5-12(6-4-11)9-14(2)16-10-13(17-14)7-8-15/h3-6,13H,7-10,15H2,1-2H3. The van der Waals surface area contributed by atoms with Crippen LogP contribution in [0.15, 0.2) is 24.3 Å². The monoisotopic (exact) mass is 235 g/mol. The summed E-state index contributed by atoms with van der Waals surface area (Å²) in [7, 11) is 0. The zero-order valence-corrected chi connectivity index (χ0v) is 10.6. The zero-order chi connectivity index (χ0) is 12.3. The minimum absolute atomic E-state index is 0.149. The van der Waals surface area contributed by atoms with E-state index < -0.39 is 5.79 Å². The lowest BCUT2D eigenvalue weighted by molar-refractivity contribution is -0.152. The third kappa shape index (κ3) is 3.28. The van der Waals surface area contributed by atoms with E-state index in [2.05, 4.69) is 31.2 Å². The third-order valence-electron chi connectivity index (χ3n) is 3.12. The first-order chi connectivity index (χ1) is 8.11. The van der Waals surface area contributed by atoms with Crippen molar-refractivity contribution in [1.29, 1.82) is 0 Å². The molecule has 2 unspecified atom stereocenters. The number of hydrogen-bond acceptors (Lipinski definition) is 3. The minimum Gasteiger partial charge on any atom is -0.347 e. The summed E-state index contributed by atoms with van der Waals surface area (Å²) in [6.45, 7) is 5.39. The smallest absolute Gasteiger partial charge is 0.170 e. The van der Waals surface area contributed by atoms with Crippen LogP contribution in [-0.2, 0) is 15.9 Å². The Morgan fingerprint density at radius 3 is 2.71 bits per heavy atom. The van der Waals surface area contributed by atoms with Gasteiger partial charge < -0.3 is 15.2 Å². The van der Waals surface area contributed by atoms with Crippen molar-refractivity contribution in [2.24, 2.45) is 5.73 Å². The molecule has 1 fully saturated rings. The largest absolute Gasteiger partial charge is 0.347 e. The molecule has 0 aliphatic carbocycles. The van der Waals surface area contributed by atoms with Gasteiger partial charge in [-0.25, -0.2) is 0 Å². The highest BCUT2D eigenvalue weighted by Crippen LogP contribution is 2.28. The van der Waals surface area contributed by atoms with Crippen molar-refractivity contribution in [1.82, 2.24) is 0 Å². The Balaban J connectivity index is 1.96. The van der Waals surface area contributed by atoms with Crippen LogP contribution in [0.3, 0.4) is 0 Å². The van der Waals surface area contributed by atoms with E-state index in [1.165, 1.54) is 11.1 Å². The summed E-state index contributed by atoms with van der Waals surface area (Å²) in [5.74, 6) is -0.491. The number of aryl methyl sites for hydroxylation is 1. The topological polar surface area (TPSA) is 44.5 Å². The van der Waals surface area contributed by atoms with Crippen LogP contribution in [-0.4, -0.2) is 25.0 Å². The van der Waals surface area contributed by atoms with E-state index in [0.717, 1.165) is 12.8 Å². The molecule has 3 heteroatoms. The fourth-order valence-corrected chi connectivity index (χ4v) is 2.19. The number of nitrogens with two attached hydrogens (primary N) is 1. The van der Waals surface area contributed by atoms with Crippen LogP contribution in [0.4, 0.5) is 0 Å². The van der Waals surface area contributed by atoms with Gasteiger partial charge in [0.1, 0.15) is 0 Å². The Bertz CT molecular complexity index is 363. The highest BCUT2D eigenvalue weighted by atomic mass is 16.7. The molecule has 0 amide bonds. The van der Waals surface area contributed by atoms with Gasteiger partial charge in [-0.05, 0) is 32.4 Å². The molecule has 1 aromatic rings. The molecule has 0 radical (unpaired) electrons. The molecule has 0 saturated carbocycles.